The second-order valence-corrected chi connectivity index (χ2v) is 6.68. The SMILES string of the molecule is Cc1cc2c(NN)nc(CC(C)(C)C)nc2s1. The van der Waals surface area contributed by atoms with Crippen LogP contribution in [0.5, 0.6) is 0 Å². The van der Waals surface area contributed by atoms with Crippen LogP contribution in [0.1, 0.15) is 31.5 Å². The summed E-state index contributed by atoms with van der Waals surface area (Å²) < 4.78 is 0. The Kier molecular flexibility index (Phi) is 3.05. The number of anilines is 1. The average molecular weight is 250 g/mol. The molecule has 0 saturated heterocycles. The highest BCUT2D eigenvalue weighted by molar-refractivity contribution is 7.18. The van der Waals surface area contributed by atoms with Gasteiger partial charge in [0.25, 0.3) is 0 Å². The highest BCUT2D eigenvalue weighted by Gasteiger charge is 2.16. The predicted octanol–water partition coefficient (Wildman–Crippen LogP) is 2.87. The molecule has 0 aliphatic heterocycles. The van der Waals surface area contributed by atoms with E-state index in [0.717, 1.165) is 28.3 Å². The molecule has 2 aromatic rings. The molecule has 0 amide bonds. The Labute approximate surface area is 105 Å². The minimum absolute atomic E-state index is 0.172. The molecular formula is C12H18N4S. The van der Waals surface area contributed by atoms with Crippen LogP contribution in [0.25, 0.3) is 10.2 Å². The summed E-state index contributed by atoms with van der Waals surface area (Å²) in [6.07, 6.45) is 0.842. The third-order valence-electron chi connectivity index (χ3n) is 2.39. The van der Waals surface area contributed by atoms with E-state index in [4.69, 9.17) is 5.84 Å². The summed E-state index contributed by atoms with van der Waals surface area (Å²) in [6, 6.07) is 2.07. The van der Waals surface area contributed by atoms with Gasteiger partial charge < -0.3 is 5.43 Å². The lowest BCUT2D eigenvalue weighted by Gasteiger charge is -2.17. The van der Waals surface area contributed by atoms with Crippen molar-refractivity contribution in [2.45, 2.75) is 34.1 Å². The number of nitrogens with one attached hydrogen (secondary N) is 1. The average Bonchev–Trinajstić information content (AvgIpc) is 2.54. The van der Waals surface area contributed by atoms with Gasteiger partial charge in [-0.15, -0.1) is 11.3 Å². The van der Waals surface area contributed by atoms with Crippen LogP contribution in [0.2, 0.25) is 0 Å². The van der Waals surface area contributed by atoms with E-state index in [1.54, 1.807) is 11.3 Å². The monoisotopic (exact) mass is 250 g/mol. The fourth-order valence-electron chi connectivity index (χ4n) is 1.75. The van der Waals surface area contributed by atoms with Crippen LogP contribution in [0.3, 0.4) is 0 Å². The van der Waals surface area contributed by atoms with Crippen LogP contribution >= 0.6 is 11.3 Å². The number of aryl methyl sites for hydroxylation is 1. The smallest absolute Gasteiger partial charge is 0.152 e. The van der Waals surface area contributed by atoms with Crippen molar-refractivity contribution in [2.75, 3.05) is 5.43 Å². The molecule has 0 aliphatic carbocycles. The first-order chi connectivity index (χ1) is 7.89. The molecule has 17 heavy (non-hydrogen) atoms. The molecule has 0 aliphatic rings. The number of hydrogen-bond acceptors (Lipinski definition) is 5. The van der Waals surface area contributed by atoms with Crippen molar-refractivity contribution in [3.63, 3.8) is 0 Å². The Hall–Kier alpha value is -1.20. The number of fused-ring (bicyclic) bond motifs is 1. The number of thiophene rings is 1. The number of aromatic nitrogens is 2. The Bertz CT molecular complexity index is 539. The second kappa shape index (κ2) is 4.23. The number of nitrogens with two attached hydrogens (primary N) is 1. The molecule has 0 fully saturated rings. The van der Waals surface area contributed by atoms with Gasteiger partial charge in [0.05, 0.1) is 5.39 Å². The van der Waals surface area contributed by atoms with Crippen LogP contribution in [-0.2, 0) is 6.42 Å². The van der Waals surface area contributed by atoms with Crippen LogP contribution in [0, 0.1) is 12.3 Å². The summed E-state index contributed by atoms with van der Waals surface area (Å²) in [5.41, 5.74) is 2.84. The standard InChI is InChI=1S/C12H18N4S/c1-7-5-8-10(16-13)14-9(6-12(2,3)4)15-11(8)17-7/h5H,6,13H2,1-4H3,(H,14,15,16). The first kappa shape index (κ1) is 12.3. The van der Waals surface area contributed by atoms with Crippen LogP contribution < -0.4 is 11.3 Å². The number of hydrazine groups is 1. The third kappa shape index (κ3) is 2.73. The summed E-state index contributed by atoms with van der Waals surface area (Å²) >= 11 is 1.68. The molecule has 0 atom stereocenters. The summed E-state index contributed by atoms with van der Waals surface area (Å²) in [4.78, 5) is 11.3. The first-order valence-electron chi connectivity index (χ1n) is 5.63. The highest BCUT2D eigenvalue weighted by Crippen LogP contribution is 2.29. The van der Waals surface area contributed by atoms with E-state index in [0.29, 0.717) is 0 Å². The largest absolute Gasteiger partial charge is 0.308 e. The van der Waals surface area contributed by atoms with E-state index in [9.17, 15) is 0 Å². The van der Waals surface area contributed by atoms with Crippen molar-refractivity contribution in [3.8, 4) is 0 Å². The molecule has 0 unspecified atom stereocenters. The molecule has 5 heteroatoms. The van der Waals surface area contributed by atoms with E-state index in [2.05, 4.69) is 49.2 Å². The molecule has 0 radical (unpaired) electrons. The zero-order chi connectivity index (χ0) is 12.6. The van der Waals surface area contributed by atoms with Crippen molar-refractivity contribution < 1.29 is 0 Å². The summed E-state index contributed by atoms with van der Waals surface area (Å²) in [7, 11) is 0. The van der Waals surface area contributed by atoms with E-state index in [-0.39, 0.29) is 5.41 Å². The minimum Gasteiger partial charge on any atom is -0.308 e. The van der Waals surface area contributed by atoms with Gasteiger partial charge in [0.1, 0.15) is 10.7 Å². The number of rotatable bonds is 2. The fraction of sp³-hybridized carbons (Fsp3) is 0.500. The quantitative estimate of drug-likeness (QED) is 0.635. The van der Waals surface area contributed by atoms with Gasteiger partial charge >= 0.3 is 0 Å². The van der Waals surface area contributed by atoms with Gasteiger partial charge in [-0.1, -0.05) is 20.8 Å². The molecule has 92 valence electrons. The third-order valence-corrected chi connectivity index (χ3v) is 3.33. The van der Waals surface area contributed by atoms with Crippen LogP contribution in [-0.4, -0.2) is 9.97 Å². The molecule has 0 aromatic carbocycles. The summed E-state index contributed by atoms with van der Waals surface area (Å²) in [5.74, 6) is 7.09. The molecular weight excluding hydrogens is 232 g/mol. The molecule has 0 bridgehead atoms. The van der Waals surface area contributed by atoms with Crippen LogP contribution in [0.15, 0.2) is 6.07 Å². The Morgan fingerprint density at radius 3 is 2.65 bits per heavy atom. The highest BCUT2D eigenvalue weighted by atomic mass is 32.1. The van der Waals surface area contributed by atoms with Gasteiger partial charge in [0.2, 0.25) is 0 Å². The van der Waals surface area contributed by atoms with Gasteiger partial charge in [0.15, 0.2) is 5.82 Å². The maximum absolute atomic E-state index is 5.52. The normalized spacial score (nSPS) is 12.1. The van der Waals surface area contributed by atoms with Gasteiger partial charge in [-0.05, 0) is 18.4 Å². The van der Waals surface area contributed by atoms with Gasteiger partial charge in [-0.3, -0.25) is 0 Å². The lowest BCUT2D eigenvalue weighted by molar-refractivity contribution is 0.401. The molecule has 3 N–H and O–H groups in total. The first-order valence-corrected chi connectivity index (χ1v) is 6.44. The van der Waals surface area contributed by atoms with Crippen molar-refractivity contribution in [1.82, 2.24) is 9.97 Å². The van der Waals surface area contributed by atoms with E-state index in [1.807, 2.05) is 0 Å². The number of hydrogen-bond donors (Lipinski definition) is 2. The van der Waals surface area contributed by atoms with E-state index in [1.165, 1.54) is 4.88 Å². The lowest BCUT2D eigenvalue weighted by atomic mass is 9.92. The summed E-state index contributed by atoms with van der Waals surface area (Å²) in [5, 5.41) is 1.01. The van der Waals surface area contributed by atoms with Crippen molar-refractivity contribution >= 4 is 27.4 Å². The zero-order valence-corrected chi connectivity index (χ0v) is 11.5. The van der Waals surface area contributed by atoms with Gasteiger partial charge in [-0.25, -0.2) is 15.8 Å². The molecule has 2 aromatic heterocycles. The maximum Gasteiger partial charge on any atom is 0.152 e. The van der Waals surface area contributed by atoms with Crippen molar-refractivity contribution in [2.24, 2.45) is 11.3 Å². The summed E-state index contributed by atoms with van der Waals surface area (Å²) in [6.45, 7) is 8.59. The number of nitrogens with zero attached hydrogens (tertiary/aromatic N) is 2. The maximum atomic E-state index is 5.52. The molecule has 0 saturated carbocycles. The minimum atomic E-state index is 0.172. The lowest BCUT2D eigenvalue weighted by Crippen LogP contribution is -2.15. The molecule has 0 spiro atoms. The number of nitrogen functional groups attached to an aromatic ring is 1. The molecule has 4 nitrogen and oxygen atoms in total. The van der Waals surface area contributed by atoms with Crippen LogP contribution in [0.4, 0.5) is 5.82 Å². The molecule has 2 heterocycles. The van der Waals surface area contributed by atoms with Gasteiger partial charge in [0, 0.05) is 11.3 Å². The second-order valence-electron chi connectivity index (χ2n) is 5.45. The Balaban J connectivity index is 2.52. The topological polar surface area (TPSA) is 63.8 Å². The van der Waals surface area contributed by atoms with Crippen molar-refractivity contribution in [3.05, 3.63) is 16.8 Å². The van der Waals surface area contributed by atoms with Gasteiger partial charge in [-0.2, -0.15) is 0 Å². The fourth-order valence-corrected chi connectivity index (χ4v) is 2.65. The zero-order valence-electron chi connectivity index (χ0n) is 10.7. The Morgan fingerprint density at radius 1 is 1.35 bits per heavy atom. The molecule has 2 rings (SSSR count). The van der Waals surface area contributed by atoms with E-state index < -0.39 is 0 Å². The predicted molar refractivity (Wildman–Crippen MR) is 73.1 cm³/mol. The Morgan fingerprint density at radius 2 is 2.06 bits per heavy atom. The van der Waals surface area contributed by atoms with Crippen molar-refractivity contribution in [1.29, 1.82) is 0 Å². The van der Waals surface area contributed by atoms with E-state index >= 15 is 0 Å².